The maximum absolute atomic E-state index is 13.2. The van der Waals surface area contributed by atoms with Crippen LogP contribution in [0, 0.1) is 0 Å². The van der Waals surface area contributed by atoms with Gasteiger partial charge in [-0.1, -0.05) is 12.1 Å². The van der Waals surface area contributed by atoms with E-state index in [2.05, 4.69) is 20.2 Å². The van der Waals surface area contributed by atoms with Crippen molar-refractivity contribution >= 4 is 11.9 Å². The Bertz CT molecular complexity index is 983. The van der Waals surface area contributed by atoms with Gasteiger partial charge in [-0.2, -0.15) is 15.0 Å². The Hall–Kier alpha value is -3.33. The molecule has 9 nitrogen and oxygen atoms in total. The molecule has 0 atom stereocenters. The smallest absolute Gasteiger partial charge is 0.256 e. The van der Waals surface area contributed by atoms with Crippen LogP contribution in [0.15, 0.2) is 48.9 Å². The van der Waals surface area contributed by atoms with Crippen molar-refractivity contribution in [3.05, 3.63) is 60.2 Å². The highest BCUT2D eigenvalue weighted by Gasteiger charge is 2.21. The highest BCUT2D eigenvalue weighted by molar-refractivity contribution is 5.97. The Labute approximate surface area is 176 Å². The lowest BCUT2D eigenvalue weighted by Gasteiger charge is -2.26. The highest BCUT2D eigenvalue weighted by Crippen LogP contribution is 2.19. The SMILES string of the molecule is CCN(CCN(C)c1nccc(C(C)(C)O)n1)C(=O)c1ccccc1-n1nccn1. The number of nitrogens with zero attached hydrogens (tertiary/aromatic N) is 7. The number of benzene rings is 1. The van der Waals surface area contributed by atoms with Gasteiger partial charge in [-0.3, -0.25) is 4.79 Å². The van der Waals surface area contributed by atoms with Crippen LogP contribution in [-0.2, 0) is 5.60 Å². The fraction of sp³-hybridized carbons (Fsp3) is 0.381. The first-order chi connectivity index (χ1) is 14.3. The van der Waals surface area contributed by atoms with E-state index >= 15 is 0 Å². The molecule has 0 bridgehead atoms. The standard InChI is InChI=1S/C21H27N7O2/c1-5-27(15-14-26(4)20-22-11-10-18(25-20)21(2,3)30)19(29)16-8-6-7-9-17(16)28-23-12-13-24-28/h6-13,30H,5,14-15H2,1-4H3. The van der Waals surface area contributed by atoms with Crippen molar-refractivity contribution in [3.63, 3.8) is 0 Å². The summed E-state index contributed by atoms with van der Waals surface area (Å²) in [7, 11) is 1.86. The Morgan fingerprint density at radius 1 is 1.10 bits per heavy atom. The summed E-state index contributed by atoms with van der Waals surface area (Å²) in [5, 5.41) is 18.5. The van der Waals surface area contributed by atoms with E-state index in [-0.39, 0.29) is 5.91 Å². The summed E-state index contributed by atoms with van der Waals surface area (Å²) in [4.78, 5) is 27.0. The number of carbonyl (C=O) groups excluding carboxylic acids is 1. The zero-order valence-electron chi connectivity index (χ0n) is 17.7. The van der Waals surface area contributed by atoms with Crippen LogP contribution >= 0.6 is 0 Å². The minimum absolute atomic E-state index is 0.0926. The summed E-state index contributed by atoms with van der Waals surface area (Å²) in [5.41, 5.74) is 0.677. The fourth-order valence-corrected chi connectivity index (χ4v) is 2.99. The second-order valence-electron chi connectivity index (χ2n) is 7.44. The van der Waals surface area contributed by atoms with Gasteiger partial charge in [0.2, 0.25) is 5.95 Å². The maximum Gasteiger partial charge on any atom is 0.256 e. The van der Waals surface area contributed by atoms with Crippen LogP contribution in [0.3, 0.4) is 0 Å². The van der Waals surface area contributed by atoms with E-state index in [0.29, 0.717) is 42.5 Å². The van der Waals surface area contributed by atoms with E-state index in [1.165, 1.54) is 4.80 Å². The van der Waals surface area contributed by atoms with Gasteiger partial charge in [-0.25, -0.2) is 9.97 Å². The van der Waals surface area contributed by atoms with E-state index in [1.807, 2.05) is 37.1 Å². The summed E-state index contributed by atoms with van der Waals surface area (Å²) in [6, 6.07) is 8.98. The fourth-order valence-electron chi connectivity index (χ4n) is 2.99. The third-order valence-corrected chi connectivity index (χ3v) is 4.75. The number of amides is 1. The first-order valence-corrected chi connectivity index (χ1v) is 9.83. The Morgan fingerprint density at radius 3 is 2.47 bits per heavy atom. The first kappa shape index (κ1) is 21.4. The van der Waals surface area contributed by atoms with Gasteiger partial charge < -0.3 is 14.9 Å². The van der Waals surface area contributed by atoms with Crippen molar-refractivity contribution in [2.24, 2.45) is 0 Å². The monoisotopic (exact) mass is 409 g/mol. The summed E-state index contributed by atoms with van der Waals surface area (Å²) in [6.45, 7) is 6.89. The quantitative estimate of drug-likeness (QED) is 0.606. The van der Waals surface area contributed by atoms with E-state index in [9.17, 15) is 9.90 Å². The number of para-hydroxylation sites is 1. The van der Waals surface area contributed by atoms with Crippen LogP contribution in [0.25, 0.3) is 5.69 Å². The predicted octanol–water partition coefficient (Wildman–Crippen LogP) is 1.88. The molecular weight excluding hydrogens is 382 g/mol. The first-order valence-electron chi connectivity index (χ1n) is 9.83. The lowest BCUT2D eigenvalue weighted by Crippen LogP contribution is -2.38. The van der Waals surface area contributed by atoms with E-state index in [4.69, 9.17) is 0 Å². The summed E-state index contributed by atoms with van der Waals surface area (Å²) in [5.74, 6) is 0.407. The molecule has 0 radical (unpaired) electrons. The largest absolute Gasteiger partial charge is 0.384 e. The van der Waals surface area contributed by atoms with Gasteiger partial charge in [-0.15, -0.1) is 0 Å². The summed E-state index contributed by atoms with van der Waals surface area (Å²) < 4.78 is 0. The van der Waals surface area contributed by atoms with Crippen LogP contribution in [0.1, 0.15) is 36.8 Å². The van der Waals surface area contributed by atoms with Crippen molar-refractivity contribution in [1.82, 2.24) is 29.9 Å². The van der Waals surface area contributed by atoms with Crippen LogP contribution in [0.4, 0.5) is 5.95 Å². The molecule has 3 rings (SSSR count). The molecule has 0 fully saturated rings. The number of aliphatic hydroxyl groups is 1. The average Bonchev–Trinajstić information content (AvgIpc) is 3.28. The number of carbonyl (C=O) groups is 1. The van der Waals surface area contributed by atoms with Crippen molar-refractivity contribution < 1.29 is 9.90 Å². The Morgan fingerprint density at radius 2 is 1.80 bits per heavy atom. The molecule has 0 aliphatic heterocycles. The molecule has 2 aromatic heterocycles. The van der Waals surface area contributed by atoms with Crippen LogP contribution in [-0.4, -0.2) is 67.6 Å². The molecule has 0 unspecified atom stereocenters. The molecule has 158 valence electrons. The number of hydrogen-bond donors (Lipinski definition) is 1. The summed E-state index contributed by atoms with van der Waals surface area (Å²) in [6.07, 6.45) is 4.79. The minimum atomic E-state index is -1.05. The molecular formula is C21H27N7O2. The van der Waals surface area contributed by atoms with Crippen molar-refractivity contribution in [2.45, 2.75) is 26.4 Å². The second kappa shape index (κ2) is 9.00. The number of likely N-dealkylation sites (N-methyl/N-ethyl adjacent to an activating group) is 2. The molecule has 0 saturated carbocycles. The maximum atomic E-state index is 13.2. The zero-order chi connectivity index (χ0) is 21.7. The Balaban J connectivity index is 1.73. The van der Waals surface area contributed by atoms with Crippen LogP contribution in [0.5, 0.6) is 0 Å². The van der Waals surface area contributed by atoms with Gasteiger partial charge in [-0.05, 0) is 39.0 Å². The van der Waals surface area contributed by atoms with Gasteiger partial charge >= 0.3 is 0 Å². The highest BCUT2D eigenvalue weighted by atomic mass is 16.3. The van der Waals surface area contributed by atoms with Crippen molar-refractivity contribution in [1.29, 1.82) is 0 Å². The second-order valence-corrected chi connectivity index (χ2v) is 7.44. The number of aromatic nitrogens is 5. The van der Waals surface area contributed by atoms with E-state index in [0.717, 1.165) is 0 Å². The lowest BCUT2D eigenvalue weighted by atomic mass is 10.1. The number of hydrogen-bond acceptors (Lipinski definition) is 7. The predicted molar refractivity (Wildman–Crippen MR) is 113 cm³/mol. The molecule has 0 aliphatic carbocycles. The third kappa shape index (κ3) is 4.80. The minimum Gasteiger partial charge on any atom is -0.384 e. The topological polar surface area (TPSA) is 100 Å². The van der Waals surface area contributed by atoms with E-state index in [1.54, 1.807) is 49.5 Å². The van der Waals surface area contributed by atoms with Gasteiger partial charge in [0.05, 0.1) is 29.3 Å². The molecule has 1 amide bonds. The molecule has 3 aromatic rings. The third-order valence-electron chi connectivity index (χ3n) is 4.75. The van der Waals surface area contributed by atoms with Gasteiger partial charge in [0.1, 0.15) is 5.60 Å². The molecule has 0 saturated heterocycles. The lowest BCUT2D eigenvalue weighted by molar-refractivity contribution is 0.0738. The van der Waals surface area contributed by atoms with Crippen molar-refractivity contribution in [3.8, 4) is 5.69 Å². The molecule has 1 aromatic carbocycles. The average molecular weight is 409 g/mol. The van der Waals surface area contributed by atoms with E-state index < -0.39 is 5.60 Å². The van der Waals surface area contributed by atoms with Gasteiger partial charge in [0.15, 0.2) is 0 Å². The molecule has 0 spiro atoms. The van der Waals surface area contributed by atoms with Crippen LogP contribution in [0.2, 0.25) is 0 Å². The number of anilines is 1. The number of rotatable bonds is 8. The molecule has 30 heavy (non-hydrogen) atoms. The Kier molecular flexibility index (Phi) is 6.41. The molecule has 1 N–H and O–H groups in total. The zero-order valence-corrected chi connectivity index (χ0v) is 17.7. The summed E-state index contributed by atoms with van der Waals surface area (Å²) >= 11 is 0. The molecule has 9 heteroatoms. The van der Waals surface area contributed by atoms with Crippen molar-refractivity contribution in [2.75, 3.05) is 31.6 Å². The molecule has 0 aliphatic rings. The van der Waals surface area contributed by atoms with Crippen LogP contribution < -0.4 is 4.90 Å². The van der Waals surface area contributed by atoms with Gasteiger partial charge in [0.25, 0.3) is 5.91 Å². The molecule has 2 heterocycles. The normalized spacial score (nSPS) is 11.4. The van der Waals surface area contributed by atoms with Gasteiger partial charge in [0, 0.05) is 32.9 Å².